The zero-order valence-corrected chi connectivity index (χ0v) is 19.4. The molecule has 0 unspecified atom stereocenters. The van der Waals surface area contributed by atoms with Crippen molar-refractivity contribution in [1.29, 1.82) is 0 Å². The number of carbonyl (C=O) groups is 2. The van der Waals surface area contributed by atoms with E-state index in [1.54, 1.807) is 18.2 Å². The highest BCUT2D eigenvalue weighted by Gasteiger charge is 2.35. The summed E-state index contributed by atoms with van der Waals surface area (Å²) in [6.45, 7) is 0. The lowest BCUT2D eigenvalue weighted by molar-refractivity contribution is 0.0980. The third-order valence-electron chi connectivity index (χ3n) is 6.45. The van der Waals surface area contributed by atoms with E-state index in [1.165, 1.54) is 12.1 Å². The molecule has 5 aromatic rings. The van der Waals surface area contributed by atoms with Gasteiger partial charge in [0.25, 0.3) is 0 Å². The van der Waals surface area contributed by atoms with E-state index in [4.69, 9.17) is 5.73 Å². The van der Waals surface area contributed by atoms with Gasteiger partial charge >= 0.3 is 0 Å². The highest BCUT2D eigenvalue weighted by atomic mass is 32.2. The first-order valence-electron chi connectivity index (χ1n) is 11.0. The molecular weight excluding hydrogens is 476 g/mol. The number of nitrogen functional groups attached to an aromatic ring is 1. The number of carbonyl (C=O) groups excluding carboxylic acids is 2. The molecule has 0 bridgehead atoms. The second-order valence-corrected chi connectivity index (χ2v) is 9.98. The number of anilines is 3. The van der Waals surface area contributed by atoms with E-state index in [-0.39, 0.29) is 27.9 Å². The summed E-state index contributed by atoms with van der Waals surface area (Å²) in [6.07, 6.45) is 0. The van der Waals surface area contributed by atoms with Crippen molar-refractivity contribution < 1.29 is 22.6 Å². The molecule has 1 aliphatic rings. The van der Waals surface area contributed by atoms with Crippen molar-refractivity contribution >= 4 is 60.3 Å². The Hall–Kier alpha value is -4.53. The van der Waals surface area contributed by atoms with E-state index >= 15 is 0 Å². The van der Waals surface area contributed by atoms with Crippen LogP contribution in [0.1, 0.15) is 31.8 Å². The van der Waals surface area contributed by atoms with Gasteiger partial charge in [-0.05, 0) is 51.9 Å². The summed E-state index contributed by atoms with van der Waals surface area (Å²) in [5, 5.41) is 7.09. The number of hydrogen-bond acceptors (Lipinski definition) is 7. The van der Waals surface area contributed by atoms with Crippen LogP contribution in [0.3, 0.4) is 0 Å². The summed E-state index contributed by atoms with van der Waals surface area (Å²) in [4.78, 5) is 26.0. The number of ketones is 2. The maximum Gasteiger partial charge on any atom is 0.196 e. The van der Waals surface area contributed by atoms with Gasteiger partial charge in [-0.1, -0.05) is 54.6 Å². The van der Waals surface area contributed by atoms with Gasteiger partial charge in [0, 0.05) is 16.8 Å². The molecule has 1 aliphatic carbocycles. The van der Waals surface area contributed by atoms with Gasteiger partial charge < -0.3 is 15.6 Å². The van der Waals surface area contributed by atoms with Crippen LogP contribution in [0.5, 0.6) is 0 Å². The number of fused-ring (bicyclic) bond motifs is 4. The van der Waals surface area contributed by atoms with Crippen molar-refractivity contribution in [2.45, 2.75) is 4.90 Å². The summed E-state index contributed by atoms with van der Waals surface area (Å²) in [5.41, 5.74) is 5.97. The van der Waals surface area contributed by atoms with Gasteiger partial charge in [0.15, 0.2) is 11.6 Å². The van der Waals surface area contributed by atoms with E-state index in [2.05, 4.69) is 11.4 Å². The van der Waals surface area contributed by atoms with Gasteiger partial charge in [-0.15, -0.1) is 0 Å². The molecule has 5 aromatic carbocycles. The SMILES string of the molecule is Nc1c(S(=O)(=O)[O-])cc(Nc2ccc3cc4ccccc4cc3c2)c2c1C(=O)c1ccccc1C2=O. The van der Waals surface area contributed by atoms with Crippen LogP contribution in [0.15, 0.2) is 89.8 Å². The Morgan fingerprint density at radius 3 is 1.86 bits per heavy atom. The average Bonchev–Trinajstić information content (AvgIpc) is 2.86. The van der Waals surface area contributed by atoms with E-state index in [0.717, 1.165) is 27.6 Å². The normalized spacial score (nSPS) is 13.0. The number of rotatable bonds is 3. The fourth-order valence-electron chi connectivity index (χ4n) is 4.77. The summed E-state index contributed by atoms with van der Waals surface area (Å²) in [7, 11) is -5.04. The van der Waals surface area contributed by atoms with Gasteiger partial charge in [0.2, 0.25) is 0 Å². The number of nitrogens with one attached hydrogen (secondary N) is 1. The minimum absolute atomic E-state index is 0.0154. The monoisotopic (exact) mass is 493 g/mol. The average molecular weight is 494 g/mol. The number of benzene rings is 5. The molecule has 0 saturated heterocycles. The first kappa shape index (κ1) is 22.0. The fourth-order valence-corrected chi connectivity index (χ4v) is 5.41. The molecule has 7 nitrogen and oxygen atoms in total. The molecule has 36 heavy (non-hydrogen) atoms. The second kappa shape index (κ2) is 7.74. The molecule has 0 atom stereocenters. The lowest BCUT2D eigenvalue weighted by Crippen LogP contribution is -2.25. The predicted octanol–water partition coefficient (Wildman–Crippen LogP) is 5.00. The molecule has 0 amide bonds. The lowest BCUT2D eigenvalue weighted by atomic mass is 9.82. The molecule has 6 rings (SSSR count). The minimum Gasteiger partial charge on any atom is -0.744 e. The Labute approximate surface area is 205 Å². The Morgan fingerprint density at radius 2 is 1.22 bits per heavy atom. The van der Waals surface area contributed by atoms with Gasteiger partial charge in [-0.25, -0.2) is 8.42 Å². The maximum absolute atomic E-state index is 13.5. The molecular formula is C28H17N2O5S-. The molecule has 0 aliphatic heterocycles. The Balaban J connectivity index is 1.56. The summed E-state index contributed by atoms with van der Waals surface area (Å²) >= 11 is 0. The zero-order chi connectivity index (χ0) is 25.2. The van der Waals surface area contributed by atoms with Crippen LogP contribution in [0.4, 0.5) is 17.1 Å². The molecule has 3 N–H and O–H groups in total. The van der Waals surface area contributed by atoms with E-state index < -0.39 is 32.3 Å². The van der Waals surface area contributed by atoms with Crippen molar-refractivity contribution in [3.8, 4) is 0 Å². The number of hydrogen-bond donors (Lipinski definition) is 2. The topological polar surface area (TPSA) is 129 Å². The van der Waals surface area contributed by atoms with Crippen molar-refractivity contribution in [2.24, 2.45) is 0 Å². The van der Waals surface area contributed by atoms with E-state index in [0.29, 0.717) is 5.69 Å². The second-order valence-electron chi connectivity index (χ2n) is 8.63. The molecule has 0 aromatic heterocycles. The molecule has 0 saturated carbocycles. The third kappa shape index (κ3) is 3.35. The Bertz CT molecular complexity index is 1890. The molecule has 0 spiro atoms. The van der Waals surface area contributed by atoms with Gasteiger partial charge in [0.1, 0.15) is 10.1 Å². The highest BCUT2D eigenvalue weighted by Crippen LogP contribution is 2.40. The quantitative estimate of drug-likeness (QED) is 0.202. The number of nitrogens with two attached hydrogens (primary N) is 1. The summed E-state index contributed by atoms with van der Waals surface area (Å²) < 4.78 is 36.1. The predicted molar refractivity (Wildman–Crippen MR) is 137 cm³/mol. The molecule has 0 radical (unpaired) electrons. The van der Waals surface area contributed by atoms with E-state index in [9.17, 15) is 22.6 Å². The van der Waals surface area contributed by atoms with Crippen LogP contribution in [0.2, 0.25) is 0 Å². The van der Waals surface area contributed by atoms with Gasteiger partial charge in [0.05, 0.1) is 27.4 Å². The first-order chi connectivity index (χ1) is 17.2. The first-order valence-corrected chi connectivity index (χ1v) is 12.4. The Morgan fingerprint density at radius 1 is 0.667 bits per heavy atom. The van der Waals surface area contributed by atoms with Crippen LogP contribution >= 0.6 is 0 Å². The smallest absolute Gasteiger partial charge is 0.196 e. The lowest BCUT2D eigenvalue weighted by Gasteiger charge is -2.25. The van der Waals surface area contributed by atoms with Crippen LogP contribution in [0, 0.1) is 0 Å². The van der Waals surface area contributed by atoms with Crippen molar-refractivity contribution in [2.75, 3.05) is 11.1 Å². The fraction of sp³-hybridized carbons (Fsp3) is 0. The molecule has 0 fully saturated rings. The van der Waals surface area contributed by atoms with Gasteiger partial charge in [-0.3, -0.25) is 9.59 Å². The van der Waals surface area contributed by atoms with Gasteiger partial charge in [-0.2, -0.15) is 0 Å². The maximum atomic E-state index is 13.5. The molecule has 176 valence electrons. The highest BCUT2D eigenvalue weighted by molar-refractivity contribution is 7.86. The molecule has 8 heteroatoms. The van der Waals surface area contributed by atoms with Crippen molar-refractivity contribution in [3.05, 3.63) is 107 Å². The standard InChI is InChI=1S/C28H18N2O5S/c29-26-23(36(33,34)35)14-22(24-25(26)28(32)21-8-4-3-7-20(21)27(24)31)30-19-10-9-17-11-15-5-1-2-6-16(15)12-18(17)13-19/h1-14,30H,29H2,(H,33,34,35)/p-1. The minimum atomic E-state index is -5.04. The zero-order valence-electron chi connectivity index (χ0n) is 18.6. The van der Waals surface area contributed by atoms with Crippen molar-refractivity contribution in [1.82, 2.24) is 0 Å². The van der Waals surface area contributed by atoms with Crippen LogP contribution in [0.25, 0.3) is 21.5 Å². The van der Waals surface area contributed by atoms with E-state index in [1.807, 2.05) is 42.5 Å². The largest absolute Gasteiger partial charge is 0.744 e. The van der Waals surface area contributed by atoms with Crippen molar-refractivity contribution in [3.63, 3.8) is 0 Å². The summed E-state index contributed by atoms with van der Waals surface area (Å²) in [5.74, 6) is -1.10. The Kier molecular flexibility index (Phi) is 4.72. The molecule has 0 heterocycles. The van der Waals surface area contributed by atoms with Crippen LogP contribution in [-0.2, 0) is 10.1 Å². The van der Waals surface area contributed by atoms with Crippen LogP contribution < -0.4 is 11.1 Å². The summed E-state index contributed by atoms with van der Waals surface area (Å²) in [6, 6.07) is 24.8. The van der Waals surface area contributed by atoms with Crippen LogP contribution in [-0.4, -0.2) is 24.5 Å². The third-order valence-corrected chi connectivity index (χ3v) is 7.33.